The number of benzene rings is 3. The first kappa shape index (κ1) is 66.0. The van der Waals surface area contributed by atoms with Crippen molar-refractivity contribution in [3.63, 3.8) is 0 Å². The Balaban J connectivity index is 1.47. The van der Waals surface area contributed by atoms with Crippen LogP contribution in [0.25, 0.3) is 10.4 Å². The minimum Gasteiger partial charge on any atom is -0.463 e. The standard InChI is InChI=1S/C58H73N3O23/c1-34(62)71-32-45-48(75-36(3)64)51(76-37(4)65)54(78-39(6)67)58(81-45)84-49-46(33-72-35(2)63)82-57(55(79-40(7)68)52(49)77-38(5)66)83-47-44(31-69-28-41-20-12-8-13-21-41)80-56(70-27-19-11-18-26-60-61-59)53(74-30-43-24-16-10-17-25-43)50(47)73-29-42-22-14-9-15-23-42/h8-10,12-17,20-25,44-58H,11,18-19,26-33H2,1-7H3/t44?,45?,46?,47-,48-,49-,50-,51-,52-,53?,54?,55?,56-,57+,58+/m1/s1. The molecule has 0 bridgehead atoms. The number of azide groups is 1. The van der Waals surface area contributed by atoms with E-state index in [0.29, 0.717) is 25.8 Å². The highest BCUT2D eigenvalue weighted by Crippen LogP contribution is 2.39. The zero-order chi connectivity index (χ0) is 60.5. The van der Waals surface area contributed by atoms with Crippen molar-refractivity contribution in [3.8, 4) is 0 Å². The molecule has 15 atom stereocenters. The van der Waals surface area contributed by atoms with Gasteiger partial charge in [-0.05, 0) is 35.1 Å². The van der Waals surface area contributed by atoms with Crippen LogP contribution < -0.4 is 0 Å². The largest absolute Gasteiger partial charge is 0.463 e. The maximum Gasteiger partial charge on any atom is 0.303 e. The summed E-state index contributed by atoms with van der Waals surface area (Å²) in [6.45, 7) is 6.53. The molecule has 3 fully saturated rings. The van der Waals surface area contributed by atoms with Gasteiger partial charge in [0, 0.05) is 66.5 Å². The third kappa shape index (κ3) is 20.9. The Hall–Kier alpha value is -7.10. The summed E-state index contributed by atoms with van der Waals surface area (Å²) >= 11 is 0. The van der Waals surface area contributed by atoms with E-state index in [2.05, 4.69) is 10.0 Å². The molecule has 6 rings (SSSR count). The van der Waals surface area contributed by atoms with Gasteiger partial charge in [-0.3, -0.25) is 33.6 Å². The first-order valence-corrected chi connectivity index (χ1v) is 27.4. The Kier molecular flexibility index (Phi) is 26.7. The van der Waals surface area contributed by atoms with Gasteiger partial charge in [-0.15, -0.1) is 0 Å². The molecule has 26 nitrogen and oxygen atoms in total. The molecule has 0 aromatic heterocycles. The van der Waals surface area contributed by atoms with Gasteiger partial charge in [0.2, 0.25) is 0 Å². The topological polar surface area (TPSA) is 316 Å². The fourth-order valence-electron chi connectivity index (χ4n) is 9.52. The molecule has 3 heterocycles. The Bertz CT molecular complexity index is 2630. The van der Waals surface area contributed by atoms with E-state index in [1.54, 1.807) is 0 Å². The van der Waals surface area contributed by atoms with Crippen molar-refractivity contribution >= 4 is 41.8 Å². The molecule has 0 radical (unpaired) electrons. The van der Waals surface area contributed by atoms with Crippen molar-refractivity contribution in [2.24, 2.45) is 5.11 Å². The molecule has 0 N–H and O–H groups in total. The minimum atomic E-state index is -1.92. The summed E-state index contributed by atoms with van der Waals surface area (Å²) in [7, 11) is 0. The maximum absolute atomic E-state index is 13.4. The number of unbranched alkanes of at least 4 members (excludes halogenated alkanes) is 2. The van der Waals surface area contributed by atoms with Crippen LogP contribution in [0.1, 0.15) is 84.4 Å². The molecule has 0 spiro atoms. The lowest BCUT2D eigenvalue weighted by Gasteiger charge is -2.50. The van der Waals surface area contributed by atoms with E-state index < -0.39 is 147 Å². The molecule has 0 amide bonds. The number of hydrogen-bond donors (Lipinski definition) is 0. The second kappa shape index (κ2) is 34.0. The molecule has 3 aliphatic heterocycles. The lowest BCUT2D eigenvalue weighted by atomic mass is 9.95. The quantitative estimate of drug-likeness (QED) is 0.0196. The van der Waals surface area contributed by atoms with E-state index in [1.165, 1.54) is 0 Å². The molecule has 26 heteroatoms. The van der Waals surface area contributed by atoms with Gasteiger partial charge in [0.25, 0.3) is 0 Å². The van der Waals surface area contributed by atoms with E-state index in [1.807, 2.05) is 91.0 Å². The predicted octanol–water partition coefficient (Wildman–Crippen LogP) is 5.60. The third-order valence-corrected chi connectivity index (χ3v) is 13.0. The maximum atomic E-state index is 13.4. The van der Waals surface area contributed by atoms with Gasteiger partial charge in [-0.1, -0.05) is 103 Å². The predicted molar refractivity (Wildman–Crippen MR) is 287 cm³/mol. The molecule has 3 aromatic rings. The molecular weight excluding hydrogens is 1110 g/mol. The molecule has 0 aliphatic carbocycles. The molecule has 3 saturated heterocycles. The van der Waals surface area contributed by atoms with Crippen LogP contribution in [0.5, 0.6) is 0 Å². The number of carbonyl (C=O) groups is 7. The van der Waals surface area contributed by atoms with E-state index in [9.17, 15) is 33.6 Å². The smallest absolute Gasteiger partial charge is 0.303 e. The molecule has 3 aromatic carbocycles. The minimum absolute atomic E-state index is 0.0176. The van der Waals surface area contributed by atoms with Gasteiger partial charge in [0.1, 0.15) is 55.9 Å². The average molecular weight is 1180 g/mol. The molecule has 0 saturated carbocycles. The average Bonchev–Trinajstić information content (AvgIpc) is 2.72. The summed E-state index contributed by atoms with van der Waals surface area (Å²) in [4.78, 5) is 92.9. The second-order valence-corrected chi connectivity index (χ2v) is 19.7. The molecule has 3 aliphatic rings. The second-order valence-electron chi connectivity index (χ2n) is 19.7. The zero-order valence-electron chi connectivity index (χ0n) is 47.8. The molecule has 458 valence electrons. The zero-order valence-corrected chi connectivity index (χ0v) is 47.8. The van der Waals surface area contributed by atoms with Crippen LogP contribution in [-0.2, 0) is 129 Å². The van der Waals surface area contributed by atoms with E-state index in [0.717, 1.165) is 65.2 Å². The highest BCUT2D eigenvalue weighted by atomic mass is 16.8. The monoisotopic (exact) mass is 1180 g/mol. The number of ether oxygens (including phenoxy) is 16. The number of nitrogens with zero attached hydrogens (tertiary/aromatic N) is 3. The van der Waals surface area contributed by atoms with Crippen LogP contribution in [0.2, 0.25) is 0 Å². The van der Waals surface area contributed by atoms with Gasteiger partial charge in [-0.2, -0.15) is 0 Å². The summed E-state index contributed by atoms with van der Waals surface area (Å²) in [6, 6.07) is 27.9. The number of carbonyl (C=O) groups excluding carboxylic acids is 7. The van der Waals surface area contributed by atoms with E-state index in [-0.39, 0.29) is 33.0 Å². The number of esters is 7. The van der Waals surface area contributed by atoms with Gasteiger partial charge in [-0.25, -0.2) is 0 Å². The lowest BCUT2D eigenvalue weighted by molar-refractivity contribution is -0.384. The van der Waals surface area contributed by atoms with Crippen molar-refractivity contribution in [1.82, 2.24) is 0 Å². The van der Waals surface area contributed by atoms with E-state index in [4.69, 9.17) is 81.3 Å². The molecule has 6 unspecified atom stereocenters. The van der Waals surface area contributed by atoms with Crippen molar-refractivity contribution in [3.05, 3.63) is 118 Å². The highest BCUT2D eigenvalue weighted by molar-refractivity contribution is 5.69. The van der Waals surface area contributed by atoms with Crippen LogP contribution >= 0.6 is 0 Å². The Morgan fingerprint density at radius 3 is 1.27 bits per heavy atom. The fourth-order valence-corrected chi connectivity index (χ4v) is 9.52. The van der Waals surface area contributed by atoms with Gasteiger partial charge >= 0.3 is 41.8 Å². The van der Waals surface area contributed by atoms with Gasteiger partial charge in [0.15, 0.2) is 49.4 Å². The number of rotatable bonds is 30. The van der Waals surface area contributed by atoms with Crippen LogP contribution in [0, 0.1) is 0 Å². The number of hydrogen-bond acceptors (Lipinski definition) is 24. The Morgan fingerprint density at radius 2 is 0.810 bits per heavy atom. The van der Waals surface area contributed by atoms with Crippen molar-refractivity contribution in [2.75, 3.05) is 33.0 Å². The van der Waals surface area contributed by atoms with E-state index >= 15 is 0 Å². The first-order valence-electron chi connectivity index (χ1n) is 27.4. The molecule has 84 heavy (non-hydrogen) atoms. The SMILES string of the molecule is CC(=O)OCC1O[C@@H](O[C@@H]2C(COC(C)=O)O[C@@H](O[C@@H]3C(COCc4ccccc4)O[C@@H](OCCCCCN=[N+]=[N-])C(OCc4ccccc4)[C@@H]3OCc3ccccc3)C(OC(C)=O)[C@@H]2OC(C)=O)C(OC(C)=O)[C@H](OC(C)=O)[C@@H]1OC(C)=O. The van der Waals surface area contributed by atoms with Crippen LogP contribution in [0.3, 0.4) is 0 Å². The van der Waals surface area contributed by atoms with Gasteiger partial charge in [0.05, 0.1) is 26.4 Å². The van der Waals surface area contributed by atoms with Crippen LogP contribution in [0.15, 0.2) is 96.1 Å². The first-order chi connectivity index (χ1) is 40.4. The third-order valence-electron chi connectivity index (χ3n) is 13.0. The molecular formula is C58H73N3O23. The van der Waals surface area contributed by atoms with Gasteiger partial charge < -0.3 is 75.8 Å². The summed E-state index contributed by atoms with van der Waals surface area (Å²) in [5.74, 6) is -6.28. The fraction of sp³-hybridized carbons (Fsp3) is 0.569. The van der Waals surface area contributed by atoms with Crippen molar-refractivity contribution < 1.29 is 109 Å². The summed E-state index contributed by atoms with van der Waals surface area (Å²) in [5, 5.41) is 3.63. The van der Waals surface area contributed by atoms with Crippen LogP contribution in [-0.4, -0.2) is 167 Å². The normalized spacial score (nSPS) is 27.4. The highest BCUT2D eigenvalue weighted by Gasteiger charge is 2.59. The summed E-state index contributed by atoms with van der Waals surface area (Å²) in [5.41, 5.74) is 11.2. The Morgan fingerprint density at radius 1 is 0.417 bits per heavy atom. The lowest BCUT2D eigenvalue weighted by Crippen LogP contribution is -2.68. The summed E-state index contributed by atoms with van der Waals surface area (Å²) in [6.07, 6.45) is -21.4. The van der Waals surface area contributed by atoms with Crippen LogP contribution in [0.4, 0.5) is 0 Å². The van der Waals surface area contributed by atoms with Crippen molar-refractivity contribution in [2.45, 2.75) is 180 Å². The van der Waals surface area contributed by atoms with Crippen molar-refractivity contribution in [1.29, 1.82) is 0 Å². The summed E-state index contributed by atoms with van der Waals surface area (Å²) < 4.78 is 99.8. The Labute approximate surface area is 485 Å².